The van der Waals surface area contributed by atoms with E-state index in [9.17, 15) is 28.8 Å². The molecule has 2 saturated heterocycles. The molecule has 3 heterocycles. The molecule has 6 rings (SSSR count). The molecular weight excluding hydrogens is 997 g/mol. The number of rotatable bonds is 28. The highest BCUT2D eigenvalue weighted by Crippen LogP contribution is 2.33. The molecule has 414 valence electrons. The fourth-order valence-electron chi connectivity index (χ4n) is 9.32. The maximum absolute atomic E-state index is 14.7. The Morgan fingerprint density at radius 3 is 1.96 bits per heavy atom. The van der Waals surface area contributed by atoms with Crippen molar-refractivity contribution >= 4 is 45.3 Å². The summed E-state index contributed by atoms with van der Waals surface area (Å²) in [5.74, 6) is -2.73. The zero-order valence-corrected chi connectivity index (χ0v) is 46.0. The van der Waals surface area contributed by atoms with Gasteiger partial charge in [0.05, 0.1) is 48.2 Å². The van der Waals surface area contributed by atoms with E-state index in [1.807, 2.05) is 100 Å². The van der Waals surface area contributed by atoms with E-state index in [-0.39, 0.29) is 67.3 Å². The molecule has 2 unspecified atom stereocenters. The molecule has 2 N–H and O–H groups in total. The van der Waals surface area contributed by atoms with Gasteiger partial charge in [-0.15, -0.1) is 5.10 Å². The van der Waals surface area contributed by atoms with Crippen LogP contribution in [0.2, 0.25) is 0 Å². The Bertz CT molecular complexity index is 2680. The molecule has 5 atom stereocenters. The third-order valence-corrected chi connectivity index (χ3v) is 13.2. The molecular formula is C56H76N6O13S. The van der Waals surface area contributed by atoms with E-state index in [2.05, 4.69) is 20.9 Å². The van der Waals surface area contributed by atoms with Gasteiger partial charge in [-0.05, 0) is 80.2 Å². The van der Waals surface area contributed by atoms with Crippen molar-refractivity contribution in [3.05, 3.63) is 107 Å². The van der Waals surface area contributed by atoms with Crippen LogP contribution in [0.25, 0.3) is 0 Å². The highest BCUT2D eigenvalue weighted by atomic mass is 32.2. The first-order valence-electron chi connectivity index (χ1n) is 25.9. The summed E-state index contributed by atoms with van der Waals surface area (Å²) >= 11 is 0. The lowest BCUT2D eigenvalue weighted by Gasteiger charge is -2.41. The number of hydrogen-bond acceptors (Lipinski definition) is 15. The molecule has 0 bridgehead atoms. The quantitative estimate of drug-likeness (QED) is 0.0241. The van der Waals surface area contributed by atoms with Crippen LogP contribution in [0.3, 0.4) is 0 Å². The summed E-state index contributed by atoms with van der Waals surface area (Å²) in [6.45, 7) is 13.9. The number of quaternary nitrogens is 1. The molecule has 0 saturated carbocycles. The number of benzene rings is 3. The summed E-state index contributed by atoms with van der Waals surface area (Å²) in [6, 6.07) is 22.9. The number of Topliss-reactive ketones (excluding diaryl/α,β-unsaturated/α-hetero) is 3. The topological polar surface area (TPSA) is 255 Å². The van der Waals surface area contributed by atoms with Crippen molar-refractivity contribution in [1.29, 1.82) is 0 Å². The minimum absolute atomic E-state index is 0.00840. The van der Waals surface area contributed by atoms with E-state index in [1.165, 1.54) is 6.92 Å². The van der Waals surface area contributed by atoms with Crippen molar-refractivity contribution in [1.82, 2.24) is 25.6 Å². The van der Waals surface area contributed by atoms with Crippen LogP contribution in [0, 0.1) is 23.7 Å². The van der Waals surface area contributed by atoms with Crippen LogP contribution in [0.15, 0.2) is 85.1 Å². The first-order chi connectivity index (χ1) is 35.9. The molecule has 3 aromatic carbocycles. The number of ether oxygens (including phenoxy) is 4. The zero-order valence-electron chi connectivity index (χ0n) is 45.2. The predicted octanol–water partition coefficient (Wildman–Crippen LogP) is 5.27. The maximum Gasteiger partial charge on any atom is 0.308 e. The van der Waals surface area contributed by atoms with Crippen molar-refractivity contribution in [3.8, 4) is 11.5 Å². The van der Waals surface area contributed by atoms with Gasteiger partial charge in [0, 0.05) is 50.5 Å². The van der Waals surface area contributed by atoms with Gasteiger partial charge in [-0.25, -0.2) is 8.42 Å². The largest absolute Gasteiger partial charge is 0.748 e. The van der Waals surface area contributed by atoms with Gasteiger partial charge >= 0.3 is 5.97 Å². The molecule has 1 aromatic heterocycles. The molecule has 0 radical (unpaired) electrons. The van der Waals surface area contributed by atoms with Crippen molar-refractivity contribution in [3.63, 3.8) is 0 Å². The van der Waals surface area contributed by atoms with E-state index < -0.39 is 57.4 Å². The average Bonchev–Trinajstić information content (AvgIpc) is 3.97. The number of aryl methyl sites for hydroxylation is 2. The molecule has 2 aliphatic rings. The molecule has 0 aliphatic carbocycles. The maximum atomic E-state index is 14.7. The van der Waals surface area contributed by atoms with Gasteiger partial charge in [0.1, 0.15) is 44.1 Å². The number of morpholine rings is 1. The summed E-state index contributed by atoms with van der Waals surface area (Å²) < 4.78 is 52.0. The van der Waals surface area contributed by atoms with Gasteiger partial charge in [-0.2, -0.15) is 0 Å². The molecule has 2 fully saturated rings. The van der Waals surface area contributed by atoms with E-state index in [0.29, 0.717) is 87.3 Å². The standard InChI is InChI=1S/C55H72N6O10.CH4O3S/c1-37(2)26-47(49(64)31-44(28-41-16-12-9-13-17-41)54(67)57-48(27-38(3)4)52(65)55(6)36-70-55)56-53(66)43(20-18-40-14-10-8-11-15-40)30-46(63)34-61(22-24-68-25-23-61)33-42-19-21-50(71-39(5)62)51(29-42)69-35-45-32-60(7)59-58-45;1-5(2,3)4/h8-17,19,21,29,32,37-38,43-44,47-48H,18,20,22-28,30-31,33-36H2,1-7H3,(H-,56,57,66,67);1H3,(H,2,3,4)/t43-,44-,47?,48?,55-;/m1./s1. The highest BCUT2D eigenvalue weighted by molar-refractivity contribution is 7.84. The van der Waals surface area contributed by atoms with Gasteiger partial charge in [0.2, 0.25) is 11.8 Å². The van der Waals surface area contributed by atoms with Crippen LogP contribution in [0.1, 0.15) is 96.0 Å². The molecule has 2 amide bonds. The van der Waals surface area contributed by atoms with Crippen LogP contribution >= 0.6 is 0 Å². The summed E-state index contributed by atoms with van der Waals surface area (Å²) in [6.07, 6.45) is 4.02. The number of nitrogens with zero attached hydrogens (tertiary/aromatic N) is 4. The number of esters is 1. The van der Waals surface area contributed by atoms with Crippen molar-refractivity contribution in [2.75, 3.05) is 45.7 Å². The third kappa shape index (κ3) is 20.7. The fraction of sp³-hybridized carbons (Fsp3) is 0.536. The number of epoxide rings is 1. The van der Waals surface area contributed by atoms with Crippen LogP contribution in [0.4, 0.5) is 0 Å². The molecule has 0 spiro atoms. The second-order valence-electron chi connectivity index (χ2n) is 21.3. The third-order valence-electron chi connectivity index (χ3n) is 13.2. The first kappa shape index (κ1) is 60.7. The molecule has 19 nitrogen and oxygen atoms in total. The smallest absolute Gasteiger partial charge is 0.308 e. The van der Waals surface area contributed by atoms with Crippen LogP contribution < -0.4 is 20.1 Å². The van der Waals surface area contributed by atoms with E-state index in [4.69, 9.17) is 31.9 Å². The normalized spacial score (nSPS) is 17.5. The zero-order chi connectivity index (χ0) is 55.6. The summed E-state index contributed by atoms with van der Waals surface area (Å²) in [7, 11) is -2.16. The average molecular weight is 1070 g/mol. The van der Waals surface area contributed by atoms with E-state index in [0.717, 1.165) is 16.7 Å². The molecule has 20 heteroatoms. The lowest BCUT2D eigenvalue weighted by molar-refractivity contribution is -0.940. The molecule has 2 aliphatic heterocycles. The van der Waals surface area contributed by atoms with E-state index >= 15 is 0 Å². The Morgan fingerprint density at radius 2 is 1.39 bits per heavy atom. The Balaban J connectivity index is 0.00000203. The number of carbonyl (C=O) groups excluding carboxylic acids is 6. The second kappa shape index (κ2) is 28.3. The summed E-state index contributed by atoms with van der Waals surface area (Å²) in [5, 5.41) is 14.2. The van der Waals surface area contributed by atoms with Gasteiger partial charge in [0.25, 0.3) is 0 Å². The number of nitrogens with one attached hydrogen (secondary N) is 2. The fourth-order valence-corrected chi connectivity index (χ4v) is 9.32. The van der Waals surface area contributed by atoms with Crippen LogP contribution in [-0.4, -0.2) is 131 Å². The Morgan fingerprint density at radius 1 is 0.816 bits per heavy atom. The van der Waals surface area contributed by atoms with Gasteiger partial charge in [-0.3, -0.25) is 33.4 Å². The number of ketones is 3. The monoisotopic (exact) mass is 1070 g/mol. The lowest BCUT2D eigenvalue weighted by atomic mass is 9.87. The lowest BCUT2D eigenvalue weighted by Crippen LogP contribution is -2.57. The Labute approximate surface area is 447 Å². The highest BCUT2D eigenvalue weighted by Gasteiger charge is 2.50. The van der Waals surface area contributed by atoms with Crippen molar-refractivity contribution < 1.29 is 65.2 Å². The minimum atomic E-state index is -3.92. The number of amides is 2. The molecule has 4 aromatic rings. The second-order valence-corrected chi connectivity index (χ2v) is 22.7. The number of aromatic nitrogens is 3. The van der Waals surface area contributed by atoms with Crippen molar-refractivity contribution in [2.24, 2.45) is 30.7 Å². The Hall–Kier alpha value is -6.19. The van der Waals surface area contributed by atoms with Gasteiger partial charge in [0.15, 0.2) is 28.8 Å². The predicted molar refractivity (Wildman–Crippen MR) is 281 cm³/mol. The van der Waals surface area contributed by atoms with Gasteiger partial charge in [-0.1, -0.05) is 93.6 Å². The first-order valence-corrected chi connectivity index (χ1v) is 27.7. The summed E-state index contributed by atoms with van der Waals surface area (Å²) in [4.78, 5) is 83.7. The summed E-state index contributed by atoms with van der Waals surface area (Å²) in [5.41, 5.74) is 2.39. The molecule has 76 heavy (non-hydrogen) atoms. The SMILES string of the molecule is CC(=O)Oc1ccc(C[N+]2(CC(=O)C[C@@H](CCc3ccccc3)C(=O)NC(CC(C)C)C(=O)C[C@@H](Cc3ccccc3)C(=O)NC(CC(C)C)C(=O)[C@@]3(C)CO3)CCOCC2)cc1OCc1cn(C)nn1.CS(=O)(=O)[O-]. The van der Waals surface area contributed by atoms with Crippen LogP contribution in [-0.2, 0) is 81.4 Å². The van der Waals surface area contributed by atoms with Crippen LogP contribution in [0.5, 0.6) is 11.5 Å². The van der Waals surface area contributed by atoms with Gasteiger partial charge < -0.3 is 38.6 Å². The van der Waals surface area contributed by atoms with E-state index in [1.54, 1.807) is 30.9 Å². The number of hydrogen-bond donors (Lipinski definition) is 2. The van der Waals surface area contributed by atoms with Crippen molar-refractivity contribution in [2.45, 2.75) is 117 Å². The number of carbonyl (C=O) groups is 6. The minimum Gasteiger partial charge on any atom is -0.748 e. The Kier molecular flexibility index (Phi) is 22.6.